The van der Waals surface area contributed by atoms with Crippen molar-refractivity contribution in [2.75, 3.05) is 13.1 Å². The van der Waals surface area contributed by atoms with Gasteiger partial charge in [0, 0.05) is 37.4 Å². The zero-order valence-electron chi connectivity index (χ0n) is 17.0. The SMILES string of the molecule is Cc1cc(C)c2c(c1)OC1(CCN(C(=O)CCc3ccc(Cl)cc3)CC1)CC2=O. The third kappa shape index (κ3) is 4.18. The van der Waals surface area contributed by atoms with Crippen LogP contribution in [-0.4, -0.2) is 35.3 Å². The molecule has 0 unspecified atom stereocenters. The number of likely N-dealkylation sites (tertiary alicyclic amines) is 1. The van der Waals surface area contributed by atoms with Crippen molar-refractivity contribution in [1.29, 1.82) is 0 Å². The zero-order chi connectivity index (χ0) is 20.6. The van der Waals surface area contributed by atoms with Crippen molar-refractivity contribution in [3.63, 3.8) is 0 Å². The highest BCUT2D eigenvalue weighted by Crippen LogP contribution is 2.41. The minimum Gasteiger partial charge on any atom is -0.486 e. The Morgan fingerprint density at radius 2 is 1.83 bits per heavy atom. The summed E-state index contributed by atoms with van der Waals surface area (Å²) in [5.74, 6) is 1.02. The van der Waals surface area contributed by atoms with Crippen LogP contribution in [0, 0.1) is 13.8 Å². The number of ketones is 1. The predicted octanol–water partition coefficient (Wildman–Crippen LogP) is 4.92. The summed E-state index contributed by atoms with van der Waals surface area (Å²) in [5, 5.41) is 0.704. The highest BCUT2D eigenvalue weighted by atomic mass is 35.5. The number of benzene rings is 2. The second-order valence-electron chi connectivity index (χ2n) is 8.35. The largest absolute Gasteiger partial charge is 0.486 e. The molecule has 1 fully saturated rings. The van der Waals surface area contributed by atoms with Crippen LogP contribution >= 0.6 is 11.6 Å². The zero-order valence-corrected chi connectivity index (χ0v) is 17.7. The molecule has 0 saturated carbocycles. The molecule has 2 heterocycles. The molecule has 152 valence electrons. The lowest BCUT2D eigenvalue weighted by atomic mass is 9.81. The van der Waals surface area contributed by atoms with E-state index in [1.165, 1.54) is 0 Å². The molecule has 1 saturated heterocycles. The predicted molar refractivity (Wildman–Crippen MR) is 114 cm³/mol. The van der Waals surface area contributed by atoms with Gasteiger partial charge in [0.15, 0.2) is 5.78 Å². The number of halogens is 1. The summed E-state index contributed by atoms with van der Waals surface area (Å²) in [5.41, 5.74) is 3.44. The summed E-state index contributed by atoms with van der Waals surface area (Å²) in [6.45, 7) is 5.25. The van der Waals surface area contributed by atoms with Gasteiger partial charge in [-0.25, -0.2) is 0 Å². The van der Waals surface area contributed by atoms with Gasteiger partial charge in [-0.2, -0.15) is 0 Å². The molecule has 0 radical (unpaired) electrons. The van der Waals surface area contributed by atoms with Gasteiger partial charge in [0.25, 0.3) is 0 Å². The van der Waals surface area contributed by atoms with Crippen molar-refractivity contribution < 1.29 is 14.3 Å². The maximum absolute atomic E-state index is 12.8. The second kappa shape index (κ2) is 7.83. The molecule has 2 aliphatic heterocycles. The van der Waals surface area contributed by atoms with E-state index in [4.69, 9.17) is 16.3 Å². The summed E-state index contributed by atoms with van der Waals surface area (Å²) < 4.78 is 6.39. The fourth-order valence-corrected chi connectivity index (χ4v) is 4.65. The molecule has 2 aromatic rings. The van der Waals surface area contributed by atoms with Crippen LogP contribution in [0.5, 0.6) is 5.75 Å². The van der Waals surface area contributed by atoms with Crippen molar-refractivity contribution in [3.8, 4) is 5.75 Å². The maximum atomic E-state index is 12.8. The summed E-state index contributed by atoms with van der Waals surface area (Å²) in [6, 6.07) is 11.6. The molecule has 1 amide bonds. The van der Waals surface area contributed by atoms with Crippen LogP contribution in [0.15, 0.2) is 36.4 Å². The summed E-state index contributed by atoms with van der Waals surface area (Å²) in [7, 11) is 0. The molecule has 0 bridgehead atoms. The second-order valence-corrected chi connectivity index (χ2v) is 8.78. The number of fused-ring (bicyclic) bond motifs is 1. The number of nitrogens with zero attached hydrogens (tertiary/aromatic N) is 1. The van der Waals surface area contributed by atoms with Crippen LogP contribution in [0.4, 0.5) is 0 Å². The molecule has 0 N–H and O–H groups in total. The lowest BCUT2D eigenvalue weighted by Gasteiger charge is -2.44. The van der Waals surface area contributed by atoms with E-state index in [0.717, 1.165) is 22.3 Å². The van der Waals surface area contributed by atoms with Gasteiger partial charge in [0.1, 0.15) is 11.4 Å². The number of hydrogen-bond acceptors (Lipinski definition) is 3. The van der Waals surface area contributed by atoms with Crippen molar-refractivity contribution in [2.24, 2.45) is 0 Å². The van der Waals surface area contributed by atoms with Crippen LogP contribution in [0.1, 0.15) is 52.7 Å². The Kier molecular flexibility index (Phi) is 5.39. The third-order valence-corrected chi connectivity index (χ3v) is 6.35. The first-order valence-electron chi connectivity index (χ1n) is 10.2. The molecule has 0 atom stereocenters. The molecule has 1 spiro atoms. The Hall–Kier alpha value is -2.33. The van der Waals surface area contributed by atoms with Gasteiger partial charge in [-0.05, 0) is 55.2 Å². The number of Topliss-reactive ketones (excluding diaryl/α,β-unsaturated/α-hetero) is 1. The normalized spacial score (nSPS) is 17.8. The number of carbonyl (C=O) groups excluding carboxylic acids is 2. The van der Waals surface area contributed by atoms with Crippen molar-refractivity contribution in [1.82, 2.24) is 4.90 Å². The molecule has 5 heteroatoms. The van der Waals surface area contributed by atoms with E-state index in [0.29, 0.717) is 56.0 Å². The minimum absolute atomic E-state index is 0.157. The highest BCUT2D eigenvalue weighted by molar-refractivity contribution is 6.30. The number of rotatable bonds is 3. The van der Waals surface area contributed by atoms with E-state index in [-0.39, 0.29) is 11.7 Å². The fourth-order valence-electron chi connectivity index (χ4n) is 4.52. The quantitative estimate of drug-likeness (QED) is 0.720. The molecule has 0 aromatic heterocycles. The van der Waals surface area contributed by atoms with Gasteiger partial charge < -0.3 is 9.64 Å². The number of amides is 1. The monoisotopic (exact) mass is 411 g/mol. The van der Waals surface area contributed by atoms with E-state index >= 15 is 0 Å². The number of aryl methyl sites for hydroxylation is 3. The van der Waals surface area contributed by atoms with Crippen LogP contribution in [0.2, 0.25) is 5.02 Å². The minimum atomic E-state index is -0.475. The Bertz CT molecular complexity index is 943. The smallest absolute Gasteiger partial charge is 0.222 e. The van der Waals surface area contributed by atoms with Gasteiger partial charge >= 0.3 is 0 Å². The molecular formula is C24H26ClNO3. The van der Waals surface area contributed by atoms with Crippen molar-refractivity contribution in [3.05, 3.63) is 63.7 Å². The van der Waals surface area contributed by atoms with Gasteiger partial charge in [0.05, 0.1) is 12.0 Å². The first kappa shape index (κ1) is 20.0. The van der Waals surface area contributed by atoms with E-state index in [2.05, 4.69) is 0 Å². The molecule has 0 aliphatic carbocycles. The van der Waals surface area contributed by atoms with Crippen LogP contribution in [0.25, 0.3) is 0 Å². The number of hydrogen-bond donors (Lipinski definition) is 0. The topological polar surface area (TPSA) is 46.6 Å². The average Bonchev–Trinajstić information content (AvgIpc) is 2.67. The van der Waals surface area contributed by atoms with Crippen molar-refractivity contribution >= 4 is 23.3 Å². The average molecular weight is 412 g/mol. The maximum Gasteiger partial charge on any atom is 0.222 e. The first-order valence-corrected chi connectivity index (χ1v) is 10.6. The molecule has 29 heavy (non-hydrogen) atoms. The van der Waals surface area contributed by atoms with E-state index < -0.39 is 5.60 Å². The van der Waals surface area contributed by atoms with Crippen LogP contribution < -0.4 is 4.74 Å². The molecule has 4 nitrogen and oxygen atoms in total. The lowest BCUT2D eigenvalue weighted by molar-refractivity contribution is -0.134. The van der Waals surface area contributed by atoms with E-state index in [9.17, 15) is 9.59 Å². The highest BCUT2D eigenvalue weighted by Gasteiger charge is 2.44. The molecule has 2 aromatic carbocycles. The Morgan fingerprint density at radius 1 is 1.14 bits per heavy atom. The Morgan fingerprint density at radius 3 is 2.52 bits per heavy atom. The summed E-state index contributed by atoms with van der Waals surface area (Å²) >= 11 is 5.92. The molecule has 2 aliphatic rings. The third-order valence-electron chi connectivity index (χ3n) is 6.10. The lowest BCUT2D eigenvalue weighted by Crippen LogP contribution is -2.52. The molecular weight excluding hydrogens is 386 g/mol. The van der Waals surface area contributed by atoms with Gasteiger partial charge in [-0.3, -0.25) is 9.59 Å². The summed E-state index contributed by atoms with van der Waals surface area (Å²) in [6.07, 6.45) is 2.97. The fraction of sp³-hybridized carbons (Fsp3) is 0.417. The standard InChI is InChI=1S/C24H26ClNO3/c1-16-13-17(2)23-20(27)15-24(29-21(23)14-16)9-11-26(12-10-24)22(28)8-5-18-3-6-19(25)7-4-18/h3-4,6-7,13-14H,5,8-12,15H2,1-2H3. The number of carbonyl (C=O) groups is 2. The molecule has 4 rings (SSSR count). The van der Waals surface area contributed by atoms with Crippen LogP contribution in [-0.2, 0) is 11.2 Å². The first-order chi connectivity index (χ1) is 13.8. The van der Waals surface area contributed by atoms with E-state index in [1.807, 2.05) is 55.1 Å². The van der Waals surface area contributed by atoms with Crippen LogP contribution in [0.3, 0.4) is 0 Å². The van der Waals surface area contributed by atoms with Gasteiger partial charge in [-0.1, -0.05) is 29.8 Å². The van der Waals surface area contributed by atoms with Gasteiger partial charge in [0.2, 0.25) is 5.91 Å². The van der Waals surface area contributed by atoms with E-state index in [1.54, 1.807) is 0 Å². The Labute approximate surface area is 176 Å². The number of piperidine rings is 1. The van der Waals surface area contributed by atoms with Crippen molar-refractivity contribution in [2.45, 2.75) is 51.6 Å². The number of ether oxygens (including phenoxy) is 1. The van der Waals surface area contributed by atoms with Gasteiger partial charge in [-0.15, -0.1) is 0 Å². The summed E-state index contributed by atoms with van der Waals surface area (Å²) in [4.78, 5) is 27.4. The Balaban J connectivity index is 1.38.